The molecular weight excluding hydrogens is 492 g/mol. The van der Waals surface area contributed by atoms with Gasteiger partial charge in [0.05, 0.1) is 0 Å². The van der Waals surface area contributed by atoms with E-state index in [-0.39, 0.29) is 11.3 Å². The van der Waals surface area contributed by atoms with Gasteiger partial charge >= 0.3 is 161 Å². The van der Waals surface area contributed by atoms with Crippen molar-refractivity contribution in [3.63, 3.8) is 0 Å². The van der Waals surface area contributed by atoms with Crippen LogP contribution in [0, 0.1) is 0 Å². The van der Waals surface area contributed by atoms with Crippen LogP contribution in [-0.4, -0.2) is 30.5 Å². The molecule has 0 saturated carbocycles. The molecule has 0 spiro atoms. The summed E-state index contributed by atoms with van der Waals surface area (Å²) in [6, 6.07) is 10.6. The first-order valence-corrected chi connectivity index (χ1v) is 15.6. The van der Waals surface area contributed by atoms with Crippen LogP contribution in [0.15, 0.2) is 61.1 Å². The second-order valence-corrected chi connectivity index (χ2v) is 13.4. The minimum absolute atomic E-state index is 0.121. The van der Waals surface area contributed by atoms with Gasteiger partial charge < -0.3 is 0 Å². The quantitative estimate of drug-likeness (QED) is 0.339. The van der Waals surface area contributed by atoms with Crippen LogP contribution in [0.25, 0.3) is 0 Å². The molecule has 0 atom stereocenters. The Kier molecular flexibility index (Phi) is 8.50. The summed E-state index contributed by atoms with van der Waals surface area (Å²) >= 11 is -0.842. The van der Waals surface area contributed by atoms with Crippen molar-refractivity contribution in [3.8, 4) is 0 Å². The number of hydrogen-bond acceptors (Lipinski definition) is 4. The van der Waals surface area contributed by atoms with E-state index in [4.69, 9.17) is 0 Å². The molecule has 3 rings (SSSR count). The number of aryl methyl sites for hydroxylation is 1. The zero-order chi connectivity index (χ0) is 23.8. The Morgan fingerprint density at radius 1 is 1.03 bits per heavy atom. The average molecular weight is 518 g/mol. The van der Waals surface area contributed by atoms with Crippen LogP contribution in [0.3, 0.4) is 0 Å². The number of pyridine rings is 2. The van der Waals surface area contributed by atoms with E-state index in [9.17, 15) is 18.0 Å². The van der Waals surface area contributed by atoms with Crippen LogP contribution in [0.2, 0.25) is 16.6 Å². The molecule has 0 bridgehead atoms. The predicted molar refractivity (Wildman–Crippen MR) is 126 cm³/mol. The molecule has 0 aliphatic carbocycles. The molecule has 174 valence electrons. The predicted octanol–water partition coefficient (Wildman–Crippen LogP) is 6.05. The Labute approximate surface area is 196 Å². The fraction of sp³-hybridized carbons (Fsp3) is 0.292. The molecule has 33 heavy (non-hydrogen) atoms. The third kappa shape index (κ3) is 7.60. The first-order chi connectivity index (χ1) is 15.7. The topological polar surface area (TPSA) is 66.9 Å². The molecule has 5 nitrogen and oxygen atoms in total. The van der Waals surface area contributed by atoms with Gasteiger partial charge in [-0.25, -0.2) is 0 Å². The first-order valence-electron chi connectivity index (χ1n) is 10.5. The summed E-state index contributed by atoms with van der Waals surface area (Å²) in [4.78, 5) is 21.1. The summed E-state index contributed by atoms with van der Waals surface area (Å²) in [6.07, 6.45) is 1.77. The monoisotopic (exact) mass is 518 g/mol. The van der Waals surface area contributed by atoms with Gasteiger partial charge in [-0.2, -0.15) is 0 Å². The number of nitrogens with zero attached hydrogens (tertiary/aromatic N) is 2. The van der Waals surface area contributed by atoms with Crippen molar-refractivity contribution in [3.05, 3.63) is 83.3 Å². The molecule has 1 aromatic carbocycles. The van der Waals surface area contributed by atoms with Gasteiger partial charge in [0.25, 0.3) is 0 Å². The van der Waals surface area contributed by atoms with E-state index in [0.29, 0.717) is 24.3 Å². The van der Waals surface area contributed by atoms with Crippen molar-refractivity contribution in [2.45, 2.75) is 42.2 Å². The zero-order valence-corrected chi connectivity index (χ0v) is 20.4. The van der Waals surface area contributed by atoms with Crippen molar-refractivity contribution >= 4 is 32.1 Å². The number of alkyl halides is 3. The summed E-state index contributed by atoms with van der Waals surface area (Å²) in [7, 11) is 0. The van der Waals surface area contributed by atoms with E-state index in [1.165, 1.54) is 6.07 Å². The number of carbonyl (C=O) groups is 1. The molecule has 0 radical (unpaired) electrons. The van der Waals surface area contributed by atoms with Gasteiger partial charge in [0.1, 0.15) is 0 Å². The second-order valence-electron chi connectivity index (χ2n) is 7.89. The van der Waals surface area contributed by atoms with Crippen LogP contribution in [0.5, 0.6) is 0 Å². The fourth-order valence-electron chi connectivity index (χ4n) is 3.29. The third-order valence-corrected chi connectivity index (χ3v) is 7.45. The molecule has 2 heterocycles. The molecule has 9 heteroatoms. The third-order valence-electron chi connectivity index (χ3n) is 4.91. The molecule has 0 aliphatic heterocycles. The van der Waals surface area contributed by atoms with Crippen LogP contribution < -0.4 is 10.6 Å². The number of carbonyl (C=O) groups excluding carboxylic acids is 1. The summed E-state index contributed by atoms with van der Waals surface area (Å²) in [5.74, 6) is -0.179. The van der Waals surface area contributed by atoms with Crippen LogP contribution in [-0.2, 0) is 19.1 Å². The number of hydrogen-bond donors (Lipinski definition) is 2. The fourth-order valence-corrected chi connectivity index (χ4v) is 4.94. The van der Waals surface area contributed by atoms with Crippen LogP contribution >= 0.6 is 0 Å². The Balaban J connectivity index is 1.79. The molecule has 2 aromatic heterocycles. The summed E-state index contributed by atoms with van der Waals surface area (Å²) < 4.78 is 40.4. The van der Waals surface area contributed by atoms with Gasteiger partial charge in [-0.15, -0.1) is 0 Å². The van der Waals surface area contributed by atoms with E-state index in [1.807, 2.05) is 12.1 Å². The van der Waals surface area contributed by atoms with E-state index in [1.54, 1.807) is 36.8 Å². The number of anilines is 2. The Morgan fingerprint density at radius 2 is 1.79 bits per heavy atom. The minimum atomic E-state index is -4.49. The summed E-state index contributed by atoms with van der Waals surface area (Å²) in [6.45, 7) is 0.423. The van der Waals surface area contributed by atoms with Crippen molar-refractivity contribution in [2.75, 3.05) is 10.6 Å². The SMILES string of the molecule is C[As](C)CCCc1cc(NC(=O)c2cccnc2NCc2ccncc2)cc(C(F)(F)F)c1. The number of amides is 1. The van der Waals surface area contributed by atoms with Crippen molar-refractivity contribution in [1.82, 2.24) is 9.97 Å². The molecular formula is C24H26AsF3N4O. The standard InChI is InChI=1S/C24H26AsF3N4O/c1-25(2)9-3-5-18-13-19(24(26,27)28)15-20(14-18)32-23(33)21-6-4-10-30-22(21)31-16-17-7-11-29-12-8-17/h4,6-8,10-15H,3,5,9,16H2,1-2H3,(H,30,31)(H,32,33). The van der Waals surface area contributed by atoms with E-state index in [2.05, 4.69) is 32.0 Å². The molecule has 1 amide bonds. The summed E-state index contributed by atoms with van der Waals surface area (Å²) in [5.41, 5.74) is 5.57. The molecule has 2 N–H and O–H groups in total. The van der Waals surface area contributed by atoms with Gasteiger partial charge in [-0.1, -0.05) is 0 Å². The van der Waals surface area contributed by atoms with Gasteiger partial charge in [-0.05, 0) is 17.7 Å². The molecule has 0 saturated heterocycles. The number of benzene rings is 1. The molecule has 3 aromatic rings. The van der Waals surface area contributed by atoms with E-state index >= 15 is 0 Å². The maximum absolute atomic E-state index is 13.5. The van der Waals surface area contributed by atoms with Crippen molar-refractivity contribution < 1.29 is 18.0 Å². The number of rotatable bonds is 9. The average Bonchev–Trinajstić information content (AvgIpc) is 2.77. The van der Waals surface area contributed by atoms with Crippen LogP contribution in [0.4, 0.5) is 24.7 Å². The van der Waals surface area contributed by atoms with Crippen LogP contribution in [0.1, 0.15) is 33.5 Å². The normalized spacial score (nSPS) is 11.5. The molecule has 0 unspecified atom stereocenters. The van der Waals surface area contributed by atoms with Gasteiger partial charge in [0.2, 0.25) is 0 Å². The Hall–Kier alpha value is -2.86. The van der Waals surface area contributed by atoms with Crippen molar-refractivity contribution in [1.29, 1.82) is 0 Å². The van der Waals surface area contributed by atoms with E-state index in [0.717, 1.165) is 23.3 Å². The Bertz CT molecular complexity index is 1070. The van der Waals surface area contributed by atoms with Gasteiger partial charge in [0.15, 0.2) is 0 Å². The van der Waals surface area contributed by atoms with Gasteiger partial charge in [-0.3, -0.25) is 4.98 Å². The second kappa shape index (κ2) is 11.3. The maximum atomic E-state index is 13.5. The van der Waals surface area contributed by atoms with E-state index < -0.39 is 32.3 Å². The first kappa shape index (κ1) is 24.8. The molecule has 0 aliphatic rings. The number of aromatic nitrogens is 2. The Morgan fingerprint density at radius 3 is 2.48 bits per heavy atom. The number of nitrogens with one attached hydrogen (secondary N) is 2. The summed E-state index contributed by atoms with van der Waals surface area (Å²) in [5, 5.41) is 6.80. The zero-order valence-electron chi connectivity index (χ0n) is 18.5. The molecule has 0 fully saturated rings. The van der Waals surface area contributed by atoms with Gasteiger partial charge in [0, 0.05) is 12.4 Å². The van der Waals surface area contributed by atoms with Crippen molar-refractivity contribution in [2.24, 2.45) is 0 Å². The number of halogens is 3.